The number of aromatic nitrogens is 1. The molecule has 1 spiro atoms. The van der Waals surface area contributed by atoms with Gasteiger partial charge in [0, 0.05) is 49.7 Å². The first-order valence-electron chi connectivity index (χ1n) is 12.9. The molecule has 1 aromatic heterocycles. The molecule has 0 unspecified atom stereocenters. The van der Waals surface area contributed by atoms with Gasteiger partial charge in [0.2, 0.25) is 0 Å². The zero-order chi connectivity index (χ0) is 25.1. The summed E-state index contributed by atoms with van der Waals surface area (Å²) in [4.78, 5) is 21.7. The lowest BCUT2D eigenvalue weighted by molar-refractivity contribution is -0.0222. The summed E-state index contributed by atoms with van der Waals surface area (Å²) in [6.45, 7) is 1.88. The highest BCUT2D eigenvalue weighted by molar-refractivity contribution is 9.10. The summed E-state index contributed by atoms with van der Waals surface area (Å²) >= 11 is 3.74. The minimum atomic E-state index is -2.73. The van der Waals surface area contributed by atoms with Crippen molar-refractivity contribution < 1.29 is 18.0 Å². The third-order valence-corrected chi connectivity index (χ3v) is 9.30. The number of benzene rings is 1. The van der Waals surface area contributed by atoms with Gasteiger partial charge in [-0.1, -0.05) is 15.9 Å². The van der Waals surface area contributed by atoms with Gasteiger partial charge in [-0.25, -0.2) is 18.2 Å². The van der Waals surface area contributed by atoms with Gasteiger partial charge in [0.25, 0.3) is 11.8 Å². The van der Waals surface area contributed by atoms with Gasteiger partial charge >= 0.3 is 0 Å². The number of hydrogen-bond acceptors (Lipinski definition) is 4. The molecule has 0 radical (unpaired) electrons. The zero-order valence-electron chi connectivity index (χ0n) is 20.2. The van der Waals surface area contributed by atoms with E-state index < -0.39 is 11.7 Å². The fourth-order valence-electron chi connectivity index (χ4n) is 6.10. The molecule has 1 aromatic carbocycles. The number of pyridine rings is 1. The van der Waals surface area contributed by atoms with Crippen molar-refractivity contribution >= 4 is 39.0 Å². The SMILES string of the molecule is O=C(Nc1ccnc(N2CCC(F)(F)CC2)c1F)c1c(N2CCC3(CC2)CC3)cc(Br)c2c1CCC2. The van der Waals surface area contributed by atoms with Crippen LogP contribution in [0.5, 0.6) is 0 Å². The fraction of sp³-hybridized carbons (Fsp3) is 0.556. The highest BCUT2D eigenvalue weighted by Gasteiger charge is 2.45. The van der Waals surface area contributed by atoms with Crippen LogP contribution in [0.25, 0.3) is 0 Å². The van der Waals surface area contributed by atoms with Crippen molar-refractivity contribution in [2.45, 2.75) is 63.7 Å². The van der Waals surface area contributed by atoms with E-state index in [1.807, 2.05) is 0 Å². The molecular formula is C27H30BrF3N4O. The first kappa shape index (κ1) is 24.1. The summed E-state index contributed by atoms with van der Waals surface area (Å²) in [5, 5.41) is 2.81. The molecule has 1 amide bonds. The van der Waals surface area contributed by atoms with Crippen LogP contribution in [0.4, 0.5) is 30.4 Å². The standard InChI is InChI=1S/C27H30BrF3N4O/c28-19-16-21(34-12-7-26(5-6-26)8-13-34)22(18-3-1-2-17(18)19)25(36)33-20-4-11-32-24(23(20)29)35-14-9-27(30,31)10-15-35/h4,11,16H,1-3,5-10,12-15H2,(H,32,33,36). The van der Waals surface area contributed by atoms with Crippen LogP contribution in [0, 0.1) is 11.2 Å². The number of amides is 1. The topological polar surface area (TPSA) is 48.5 Å². The van der Waals surface area contributed by atoms with E-state index in [0.717, 1.165) is 66.5 Å². The van der Waals surface area contributed by atoms with Crippen LogP contribution in [0.3, 0.4) is 0 Å². The van der Waals surface area contributed by atoms with Gasteiger partial charge in [-0.2, -0.15) is 0 Å². The molecular weight excluding hydrogens is 533 g/mol. The number of anilines is 3. The van der Waals surface area contributed by atoms with Crippen molar-refractivity contribution in [3.05, 3.63) is 45.3 Å². The van der Waals surface area contributed by atoms with Gasteiger partial charge in [-0.05, 0) is 73.6 Å². The third kappa shape index (κ3) is 4.37. The molecule has 6 rings (SSSR count). The lowest BCUT2D eigenvalue weighted by atomic mass is 9.92. The molecule has 3 fully saturated rings. The number of nitrogens with zero attached hydrogens (tertiary/aromatic N) is 3. The summed E-state index contributed by atoms with van der Waals surface area (Å²) < 4.78 is 43.7. The largest absolute Gasteiger partial charge is 0.371 e. The first-order valence-corrected chi connectivity index (χ1v) is 13.7. The van der Waals surface area contributed by atoms with Crippen molar-refractivity contribution in [2.75, 3.05) is 41.3 Å². The number of fused-ring (bicyclic) bond motifs is 1. The van der Waals surface area contributed by atoms with E-state index in [-0.39, 0.29) is 43.3 Å². The number of halogens is 4. The molecule has 0 bridgehead atoms. The maximum Gasteiger partial charge on any atom is 0.258 e. The normalized spacial score (nSPS) is 22.0. The van der Waals surface area contributed by atoms with Gasteiger partial charge < -0.3 is 15.1 Å². The molecule has 2 aliphatic carbocycles. The number of hydrogen-bond donors (Lipinski definition) is 1. The molecule has 192 valence electrons. The van der Waals surface area contributed by atoms with Crippen molar-refractivity contribution in [3.63, 3.8) is 0 Å². The summed E-state index contributed by atoms with van der Waals surface area (Å²) in [6.07, 6.45) is 8.34. The van der Waals surface area contributed by atoms with Gasteiger partial charge in [-0.15, -0.1) is 0 Å². The predicted molar refractivity (Wildman–Crippen MR) is 138 cm³/mol. The van der Waals surface area contributed by atoms with Crippen molar-refractivity contribution in [1.82, 2.24) is 4.98 Å². The Bertz CT molecular complexity index is 1200. The van der Waals surface area contributed by atoms with Gasteiger partial charge in [0.15, 0.2) is 11.6 Å². The van der Waals surface area contributed by atoms with E-state index in [4.69, 9.17) is 0 Å². The maximum absolute atomic E-state index is 15.5. The van der Waals surface area contributed by atoms with Crippen molar-refractivity contribution in [2.24, 2.45) is 5.41 Å². The average molecular weight is 563 g/mol. The van der Waals surface area contributed by atoms with Crippen molar-refractivity contribution in [3.8, 4) is 0 Å². The Morgan fingerprint density at radius 2 is 1.64 bits per heavy atom. The van der Waals surface area contributed by atoms with Crippen LogP contribution in [0.2, 0.25) is 0 Å². The molecule has 2 aromatic rings. The molecule has 2 aliphatic heterocycles. The minimum Gasteiger partial charge on any atom is -0.371 e. The highest BCUT2D eigenvalue weighted by atomic mass is 79.9. The maximum atomic E-state index is 15.5. The third-order valence-electron chi connectivity index (χ3n) is 8.59. The second-order valence-electron chi connectivity index (χ2n) is 10.8. The van der Waals surface area contributed by atoms with E-state index in [9.17, 15) is 13.6 Å². The lowest BCUT2D eigenvalue weighted by Gasteiger charge is -2.35. The second-order valence-corrected chi connectivity index (χ2v) is 11.7. The summed E-state index contributed by atoms with van der Waals surface area (Å²) in [5.41, 5.74) is 4.28. The Morgan fingerprint density at radius 3 is 2.33 bits per heavy atom. The predicted octanol–water partition coefficient (Wildman–Crippen LogP) is 6.34. The number of carbonyl (C=O) groups is 1. The van der Waals surface area contributed by atoms with Gasteiger partial charge in [-0.3, -0.25) is 4.79 Å². The highest BCUT2D eigenvalue weighted by Crippen LogP contribution is 2.54. The quantitative estimate of drug-likeness (QED) is 0.472. The minimum absolute atomic E-state index is 0.00956. The van der Waals surface area contributed by atoms with E-state index in [1.165, 1.54) is 30.0 Å². The van der Waals surface area contributed by atoms with Crippen LogP contribution >= 0.6 is 15.9 Å². The summed E-state index contributed by atoms with van der Waals surface area (Å²) in [7, 11) is 0. The van der Waals surface area contributed by atoms with Crippen LogP contribution < -0.4 is 15.1 Å². The van der Waals surface area contributed by atoms with Crippen LogP contribution in [0.15, 0.2) is 22.8 Å². The second kappa shape index (κ2) is 8.92. The molecule has 1 N–H and O–H groups in total. The molecule has 4 aliphatic rings. The van der Waals surface area contributed by atoms with Crippen LogP contribution in [-0.2, 0) is 12.8 Å². The Kier molecular flexibility index (Phi) is 5.97. The van der Waals surface area contributed by atoms with E-state index >= 15 is 4.39 Å². The molecule has 1 saturated carbocycles. The molecule has 36 heavy (non-hydrogen) atoms. The molecule has 3 heterocycles. The smallest absolute Gasteiger partial charge is 0.258 e. The molecule has 2 saturated heterocycles. The monoisotopic (exact) mass is 562 g/mol. The van der Waals surface area contributed by atoms with Crippen LogP contribution in [-0.4, -0.2) is 43.0 Å². The van der Waals surface area contributed by atoms with Gasteiger partial charge in [0.1, 0.15) is 0 Å². The lowest BCUT2D eigenvalue weighted by Crippen LogP contribution is -2.40. The Labute approximate surface area is 217 Å². The fourth-order valence-corrected chi connectivity index (χ4v) is 6.75. The number of carbonyl (C=O) groups excluding carboxylic acids is 1. The summed E-state index contributed by atoms with van der Waals surface area (Å²) in [5.74, 6) is -3.73. The first-order chi connectivity index (χ1) is 17.3. The average Bonchev–Trinajstić information content (AvgIpc) is 3.41. The van der Waals surface area contributed by atoms with E-state index in [2.05, 4.69) is 37.2 Å². The number of nitrogens with one attached hydrogen (secondary N) is 1. The summed E-state index contributed by atoms with van der Waals surface area (Å²) in [6, 6.07) is 3.50. The van der Waals surface area contributed by atoms with Crippen LogP contribution in [0.1, 0.15) is 66.4 Å². The Morgan fingerprint density at radius 1 is 0.972 bits per heavy atom. The zero-order valence-corrected chi connectivity index (χ0v) is 21.8. The Balaban J connectivity index is 1.29. The molecule has 0 atom stereocenters. The number of piperidine rings is 2. The molecule has 9 heteroatoms. The number of rotatable bonds is 4. The van der Waals surface area contributed by atoms with Crippen molar-refractivity contribution in [1.29, 1.82) is 0 Å². The van der Waals surface area contributed by atoms with E-state index in [0.29, 0.717) is 11.0 Å². The molecule has 5 nitrogen and oxygen atoms in total. The van der Waals surface area contributed by atoms with E-state index in [1.54, 1.807) is 0 Å². The number of alkyl halides is 2. The van der Waals surface area contributed by atoms with Gasteiger partial charge in [0.05, 0.1) is 16.9 Å². The Hall–Kier alpha value is -2.29.